The van der Waals surface area contributed by atoms with Gasteiger partial charge in [0.15, 0.2) is 11.8 Å². The summed E-state index contributed by atoms with van der Waals surface area (Å²) in [5.74, 6) is 4.93. The Hall–Kier alpha value is -2.28. The SMILES string of the molecule is C#CCNC(=NCc1nnc(C)n1C)NCCCN(C)c1ccccc1.I. The van der Waals surface area contributed by atoms with Crippen LogP contribution in [0.15, 0.2) is 35.3 Å². The zero-order chi connectivity index (χ0) is 18.8. The molecule has 0 radical (unpaired) electrons. The normalized spacial score (nSPS) is 10.7. The van der Waals surface area contributed by atoms with Crippen LogP contribution in [0.2, 0.25) is 0 Å². The number of aryl methyl sites for hydroxylation is 1. The third-order valence-electron chi connectivity index (χ3n) is 4.08. The number of hydrogen-bond donors (Lipinski definition) is 2. The van der Waals surface area contributed by atoms with Gasteiger partial charge in [0.2, 0.25) is 0 Å². The number of aromatic nitrogens is 3. The standard InChI is InChI=1S/C19H27N7.HI/c1-5-12-20-19(22-15-18-24-23-16(2)26(18)4)21-13-9-14-25(3)17-10-7-6-8-11-17;/h1,6-8,10-11H,9,12-15H2,2-4H3,(H2,20,21,22);1H. The summed E-state index contributed by atoms with van der Waals surface area (Å²) in [6.07, 6.45) is 6.32. The van der Waals surface area contributed by atoms with Crippen LogP contribution in [0.4, 0.5) is 5.69 Å². The maximum absolute atomic E-state index is 5.34. The largest absolute Gasteiger partial charge is 0.375 e. The smallest absolute Gasteiger partial charge is 0.192 e. The fourth-order valence-corrected chi connectivity index (χ4v) is 2.38. The molecule has 0 amide bonds. The van der Waals surface area contributed by atoms with E-state index in [1.165, 1.54) is 5.69 Å². The fourth-order valence-electron chi connectivity index (χ4n) is 2.38. The molecule has 0 unspecified atom stereocenters. The van der Waals surface area contributed by atoms with E-state index in [9.17, 15) is 0 Å². The molecule has 146 valence electrons. The number of nitrogens with one attached hydrogen (secondary N) is 2. The van der Waals surface area contributed by atoms with Crippen molar-refractivity contribution < 1.29 is 0 Å². The predicted octanol–water partition coefficient (Wildman–Crippen LogP) is 1.94. The van der Waals surface area contributed by atoms with Crippen molar-refractivity contribution in [3.8, 4) is 12.3 Å². The number of hydrogen-bond acceptors (Lipinski definition) is 4. The molecule has 0 saturated carbocycles. The van der Waals surface area contributed by atoms with Crippen molar-refractivity contribution in [1.82, 2.24) is 25.4 Å². The molecule has 2 rings (SSSR count). The summed E-state index contributed by atoms with van der Waals surface area (Å²) in [5, 5.41) is 14.6. The van der Waals surface area contributed by atoms with E-state index >= 15 is 0 Å². The highest BCUT2D eigenvalue weighted by Gasteiger charge is 2.05. The van der Waals surface area contributed by atoms with E-state index in [4.69, 9.17) is 6.42 Å². The number of nitrogens with zero attached hydrogens (tertiary/aromatic N) is 5. The number of guanidine groups is 1. The highest BCUT2D eigenvalue weighted by Crippen LogP contribution is 2.10. The molecule has 0 atom stereocenters. The van der Waals surface area contributed by atoms with Gasteiger partial charge in [-0.1, -0.05) is 24.1 Å². The molecule has 2 aromatic rings. The third-order valence-corrected chi connectivity index (χ3v) is 4.08. The lowest BCUT2D eigenvalue weighted by Gasteiger charge is -2.19. The maximum atomic E-state index is 5.34. The van der Waals surface area contributed by atoms with E-state index in [0.717, 1.165) is 31.2 Å². The van der Waals surface area contributed by atoms with Crippen LogP contribution in [0, 0.1) is 19.3 Å². The van der Waals surface area contributed by atoms with Crippen LogP contribution in [0.5, 0.6) is 0 Å². The topological polar surface area (TPSA) is 70.4 Å². The van der Waals surface area contributed by atoms with Gasteiger partial charge in [-0.2, -0.15) is 0 Å². The molecule has 0 spiro atoms. The summed E-state index contributed by atoms with van der Waals surface area (Å²) in [6, 6.07) is 10.3. The number of rotatable bonds is 8. The molecule has 2 N–H and O–H groups in total. The number of para-hydroxylation sites is 1. The molecule has 0 aliphatic carbocycles. The molecule has 27 heavy (non-hydrogen) atoms. The molecule has 8 heteroatoms. The van der Waals surface area contributed by atoms with E-state index in [0.29, 0.717) is 19.0 Å². The molecule has 0 fully saturated rings. The van der Waals surface area contributed by atoms with E-state index in [2.05, 4.69) is 55.8 Å². The Labute approximate surface area is 178 Å². The van der Waals surface area contributed by atoms with E-state index < -0.39 is 0 Å². The molecule has 7 nitrogen and oxygen atoms in total. The van der Waals surface area contributed by atoms with Crippen molar-refractivity contribution >= 4 is 35.6 Å². The Morgan fingerprint density at radius 1 is 1.26 bits per heavy atom. The number of aliphatic imine (C=N–C) groups is 1. The Morgan fingerprint density at radius 2 is 2.00 bits per heavy atom. The highest BCUT2D eigenvalue weighted by molar-refractivity contribution is 14.0. The third kappa shape index (κ3) is 7.46. The molecule has 1 heterocycles. The van der Waals surface area contributed by atoms with Gasteiger partial charge in [-0.3, -0.25) is 0 Å². The first-order chi connectivity index (χ1) is 12.6. The van der Waals surface area contributed by atoms with Crippen molar-refractivity contribution in [2.24, 2.45) is 12.0 Å². The molecule has 1 aromatic heterocycles. The second-order valence-electron chi connectivity index (χ2n) is 5.98. The Balaban J connectivity index is 0.00000364. The van der Waals surface area contributed by atoms with Crippen molar-refractivity contribution in [2.45, 2.75) is 19.9 Å². The van der Waals surface area contributed by atoms with Crippen molar-refractivity contribution in [3.05, 3.63) is 42.0 Å². The van der Waals surface area contributed by atoms with Gasteiger partial charge < -0.3 is 20.1 Å². The van der Waals surface area contributed by atoms with E-state index in [-0.39, 0.29) is 24.0 Å². The van der Waals surface area contributed by atoms with Gasteiger partial charge in [-0.15, -0.1) is 40.6 Å². The van der Waals surface area contributed by atoms with Crippen LogP contribution >= 0.6 is 24.0 Å². The summed E-state index contributed by atoms with van der Waals surface area (Å²) in [4.78, 5) is 6.77. The van der Waals surface area contributed by atoms with Crippen LogP contribution in [0.3, 0.4) is 0 Å². The number of anilines is 1. The minimum atomic E-state index is 0. The second kappa shape index (κ2) is 12.2. The lowest BCUT2D eigenvalue weighted by Crippen LogP contribution is -2.39. The quantitative estimate of drug-likeness (QED) is 0.198. The number of benzene rings is 1. The van der Waals surface area contributed by atoms with Gasteiger partial charge in [-0.05, 0) is 25.5 Å². The first kappa shape index (κ1) is 22.8. The van der Waals surface area contributed by atoms with Gasteiger partial charge in [-0.25, -0.2) is 4.99 Å². The number of halogens is 1. The van der Waals surface area contributed by atoms with Crippen molar-refractivity contribution in [2.75, 3.05) is 31.6 Å². The van der Waals surface area contributed by atoms with Crippen molar-refractivity contribution in [3.63, 3.8) is 0 Å². The first-order valence-corrected chi connectivity index (χ1v) is 8.68. The molecule has 0 aliphatic heterocycles. The van der Waals surface area contributed by atoms with Crippen molar-refractivity contribution in [1.29, 1.82) is 0 Å². The predicted molar refractivity (Wildman–Crippen MR) is 121 cm³/mol. The molecule has 0 bridgehead atoms. The van der Waals surface area contributed by atoms with E-state index in [1.807, 2.05) is 36.7 Å². The number of terminal acetylenes is 1. The van der Waals surface area contributed by atoms with Crippen LogP contribution < -0.4 is 15.5 Å². The first-order valence-electron chi connectivity index (χ1n) is 8.68. The summed E-state index contributed by atoms with van der Waals surface area (Å²) < 4.78 is 1.93. The lowest BCUT2D eigenvalue weighted by molar-refractivity contribution is 0.726. The molecular weight excluding hydrogens is 453 g/mol. The van der Waals surface area contributed by atoms with Crippen LogP contribution in [0.25, 0.3) is 0 Å². The molecule has 0 aliphatic rings. The minimum absolute atomic E-state index is 0. The molecular formula is C19H28IN7. The van der Waals surface area contributed by atoms with Gasteiger partial charge >= 0.3 is 0 Å². The Bertz CT molecular complexity index is 749. The Kier molecular flexibility index (Phi) is 10.3. The lowest BCUT2D eigenvalue weighted by atomic mass is 10.3. The summed E-state index contributed by atoms with van der Waals surface area (Å²) in [6.45, 7) is 4.53. The second-order valence-corrected chi connectivity index (χ2v) is 5.98. The van der Waals surface area contributed by atoms with Crippen LogP contribution in [0.1, 0.15) is 18.1 Å². The van der Waals surface area contributed by atoms with Gasteiger partial charge in [0.1, 0.15) is 12.4 Å². The van der Waals surface area contributed by atoms with Crippen LogP contribution in [-0.2, 0) is 13.6 Å². The van der Waals surface area contributed by atoms with Gasteiger partial charge in [0.05, 0.1) is 6.54 Å². The monoisotopic (exact) mass is 481 g/mol. The summed E-state index contributed by atoms with van der Waals surface area (Å²) in [5.41, 5.74) is 1.21. The minimum Gasteiger partial charge on any atom is -0.375 e. The molecule has 1 aromatic carbocycles. The maximum Gasteiger partial charge on any atom is 0.192 e. The zero-order valence-corrected chi connectivity index (χ0v) is 18.5. The van der Waals surface area contributed by atoms with E-state index in [1.54, 1.807) is 0 Å². The Morgan fingerprint density at radius 3 is 2.63 bits per heavy atom. The average molecular weight is 481 g/mol. The molecule has 0 saturated heterocycles. The summed E-state index contributed by atoms with van der Waals surface area (Å²) >= 11 is 0. The van der Waals surface area contributed by atoms with Crippen LogP contribution in [-0.4, -0.2) is 47.4 Å². The van der Waals surface area contributed by atoms with Gasteiger partial charge in [0.25, 0.3) is 0 Å². The summed E-state index contributed by atoms with van der Waals surface area (Å²) in [7, 11) is 4.03. The van der Waals surface area contributed by atoms with Gasteiger partial charge in [0, 0.05) is 32.9 Å². The highest BCUT2D eigenvalue weighted by atomic mass is 127. The average Bonchev–Trinajstić information content (AvgIpc) is 2.99. The zero-order valence-electron chi connectivity index (χ0n) is 16.1. The fraction of sp³-hybridized carbons (Fsp3) is 0.421.